The molecular weight excluding hydrogens is 325 g/mol. The van der Waals surface area contributed by atoms with Crippen molar-refractivity contribution in [3.8, 4) is 0 Å². The van der Waals surface area contributed by atoms with Crippen LogP contribution in [0.4, 0.5) is 4.39 Å². The van der Waals surface area contributed by atoms with E-state index >= 15 is 0 Å². The van der Waals surface area contributed by atoms with Gasteiger partial charge >= 0.3 is 5.97 Å². The first-order chi connectivity index (χ1) is 11.7. The molecule has 0 aliphatic rings. The monoisotopic (exact) mass is 347 g/mol. The number of hydrogen-bond acceptors (Lipinski definition) is 3. The van der Waals surface area contributed by atoms with Gasteiger partial charge in [-0.1, -0.05) is 26.0 Å². The standard InChI is InChI=1S/C18H22FN3O3/c1-10(2)9-22-12(4)14(8-20-22)17(23)21-16(18(24)25)13-5-6-15(19)11(3)7-13/h5-8,10,16H,9H2,1-4H3,(H,21,23)(H,24,25). The summed E-state index contributed by atoms with van der Waals surface area (Å²) in [6.45, 7) is 8.05. The SMILES string of the molecule is Cc1cc(C(NC(=O)c2cnn(CC(C)C)c2C)C(=O)O)ccc1F. The number of hydrogen-bond donors (Lipinski definition) is 2. The topological polar surface area (TPSA) is 84.2 Å². The Hall–Kier alpha value is -2.70. The number of carboxylic acid groups (broad SMARTS) is 1. The van der Waals surface area contributed by atoms with Crippen LogP contribution in [-0.4, -0.2) is 26.8 Å². The van der Waals surface area contributed by atoms with Crippen LogP contribution in [-0.2, 0) is 11.3 Å². The Morgan fingerprint density at radius 3 is 2.56 bits per heavy atom. The molecule has 0 bridgehead atoms. The number of benzene rings is 1. The van der Waals surface area contributed by atoms with Crippen LogP contribution in [0.5, 0.6) is 0 Å². The Bertz CT molecular complexity index is 799. The zero-order valence-electron chi connectivity index (χ0n) is 14.7. The fraction of sp³-hybridized carbons (Fsp3) is 0.389. The molecule has 1 aromatic heterocycles. The van der Waals surface area contributed by atoms with Crippen LogP contribution in [0.25, 0.3) is 0 Å². The average molecular weight is 347 g/mol. The number of carbonyl (C=O) groups excluding carboxylic acids is 1. The highest BCUT2D eigenvalue weighted by molar-refractivity contribution is 5.97. The van der Waals surface area contributed by atoms with E-state index in [0.29, 0.717) is 34.8 Å². The Balaban J connectivity index is 2.25. The number of carbonyl (C=O) groups is 2. The molecule has 0 saturated heterocycles. The lowest BCUT2D eigenvalue weighted by Gasteiger charge is -2.16. The van der Waals surface area contributed by atoms with Gasteiger partial charge in [-0.2, -0.15) is 5.10 Å². The van der Waals surface area contributed by atoms with Gasteiger partial charge in [-0.3, -0.25) is 9.48 Å². The molecule has 0 aliphatic carbocycles. The molecule has 25 heavy (non-hydrogen) atoms. The van der Waals surface area contributed by atoms with Crippen molar-refractivity contribution < 1.29 is 19.1 Å². The lowest BCUT2D eigenvalue weighted by molar-refractivity contribution is -0.139. The van der Waals surface area contributed by atoms with Gasteiger partial charge in [-0.25, -0.2) is 9.18 Å². The van der Waals surface area contributed by atoms with Crippen LogP contribution >= 0.6 is 0 Å². The van der Waals surface area contributed by atoms with E-state index < -0.39 is 23.7 Å². The highest BCUT2D eigenvalue weighted by Gasteiger charge is 2.25. The smallest absolute Gasteiger partial charge is 0.330 e. The van der Waals surface area contributed by atoms with E-state index in [9.17, 15) is 19.1 Å². The van der Waals surface area contributed by atoms with E-state index in [2.05, 4.69) is 10.4 Å². The predicted octanol–water partition coefficient (Wildman–Crippen LogP) is 2.85. The summed E-state index contributed by atoms with van der Waals surface area (Å²) in [4.78, 5) is 24.1. The number of amides is 1. The van der Waals surface area contributed by atoms with Crippen LogP contribution in [0.2, 0.25) is 0 Å². The highest BCUT2D eigenvalue weighted by Crippen LogP contribution is 2.19. The zero-order valence-corrected chi connectivity index (χ0v) is 14.7. The quantitative estimate of drug-likeness (QED) is 0.841. The first kappa shape index (κ1) is 18.6. The summed E-state index contributed by atoms with van der Waals surface area (Å²) in [6.07, 6.45) is 1.43. The minimum atomic E-state index is -1.26. The van der Waals surface area contributed by atoms with E-state index in [0.717, 1.165) is 0 Å². The number of aliphatic carboxylic acids is 1. The van der Waals surface area contributed by atoms with Gasteiger partial charge < -0.3 is 10.4 Å². The van der Waals surface area contributed by atoms with Gasteiger partial charge in [0, 0.05) is 12.2 Å². The number of aryl methyl sites for hydroxylation is 1. The molecule has 0 spiro atoms. The second kappa shape index (κ2) is 7.46. The molecule has 1 aromatic carbocycles. The lowest BCUT2D eigenvalue weighted by Crippen LogP contribution is -2.34. The van der Waals surface area contributed by atoms with Crippen LogP contribution in [0, 0.1) is 25.6 Å². The molecule has 1 unspecified atom stereocenters. The maximum Gasteiger partial charge on any atom is 0.330 e. The van der Waals surface area contributed by atoms with E-state index in [1.807, 2.05) is 13.8 Å². The third-order valence-electron chi connectivity index (χ3n) is 3.92. The number of nitrogens with one attached hydrogen (secondary N) is 1. The zero-order chi connectivity index (χ0) is 18.7. The third-order valence-corrected chi connectivity index (χ3v) is 3.92. The first-order valence-corrected chi connectivity index (χ1v) is 8.02. The van der Waals surface area contributed by atoms with Crippen LogP contribution in [0.15, 0.2) is 24.4 Å². The maximum absolute atomic E-state index is 13.4. The van der Waals surface area contributed by atoms with E-state index in [1.54, 1.807) is 18.5 Å². The lowest BCUT2D eigenvalue weighted by atomic mass is 10.0. The van der Waals surface area contributed by atoms with Gasteiger partial charge in [-0.05, 0) is 37.0 Å². The van der Waals surface area contributed by atoms with Gasteiger partial charge in [0.25, 0.3) is 5.91 Å². The van der Waals surface area contributed by atoms with Gasteiger partial charge in [-0.15, -0.1) is 0 Å². The minimum absolute atomic E-state index is 0.312. The summed E-state index contributed by atoms with van der Waals surface area (Å²) in [5.41, 5.74) is 1.63. The number of aromatic nitrogens is 2. The molecule has 7 heteroatoms. The van der Waals surface area contributed by atoms with E-state index in [-0.39, 0.29) is 0 Å². The highest BCUT2D eigenvalue weighted by atomic mass is 19.1. The van der Waals surface area contributed by atoms with Crippen molar-refractivity contribution >= 4 is 11.9 Å². The molecule has 0 aliphatic heterocycles. The largest absolute Gasteiger partial charge is 0.479 e. The number of halogens is 1. The summed E-state index contributed by atoms with van der Waals surface area (Å²) < 4.78 is 15.1. The van der Waals surface area contributed by atoms with Crippen molar-refractivity contribution in [2.45, 2.75) is 40.3 Å². The van der Waals surface area contributed by atoms with Crippen molar-refractivity contribution in [1.29, 1.82) is 0 Å². The van der Waals surface area contributed by atoms with Gasteiger partial charge in [0.2, 0.25) is 0 Å². The number of carboxylic acids is 1. The second-order valence-electron chi connectivity index (χ2n) is 6.47. The minimum Gasteiger partial charge on any atom is -0.479 e. The number of rotatable bonds is 6. The Labute approximate surface area is 145 Å². The molecule has 6 nitrogen and oxygen atoms in total. The van der Waals surface area contributed by atoms with Crippen molar-refractivity contribution in [2.75, 3.05) is 0 Å². The van der Waals surface area contributed by atoms with Crippen LogP contribution in [0.3, 0.4) is 0 Å². The molecule has 1 amide bonds. The van der Waals surface area contributed by atoms with Crippen molar-refractivity contribution in [3.05, 3.63) is 52.6 Å². The van der Waals surface area contributed by atoms with Crippen LogP contribution < -0.4 is 5.32 Å². The molecule has 2 rings (SSSR count). The predicted molar refractivity (Wildman–Crippen MR) is 90.8 cm³/mol. The van der Waals surface area contributed by atoms with Crippen LogP contribution in [0.1, 0.15) is 47.1 Å². The summed E-state index contributed by atoms with van der Waals surface area (Å²) in [5.74, 6) is -1.80. The molecule has 0 radical (unpaired) electrons. The van der Waals surface area contributed by atoms with Crippen molar-refractivity contribution in [1.82, 2.24) is 15.1 Å². The van der Waals surface area contributed by atoms with E-state index in [4.69, 9.17) is 0 Å². The fourth-order valence-electron chi connectivity index (χ4n) is 2.54. The summed E-state index contributed by atoms with van der Waals surface area (Å²) in [7, 11) is 0. The Kier molecular flexibility index (Phi) is 5.56. The molecule has 134 valence electrons. The molecule has 2 aromatic rings. The first-order valence-electron chi connectivity index (χ1n) is 8.02. The van der Waals surface area contributed by atoms with E-state index in [1.165, 1.54) is 24.4 Å². The third kappa shape index (κ3) is 4.23. The van der Waals surface area contributed by atoms with Gasteiger partial charge in [0.05, 0.1) is 11.8 Å². The average Bonchev–Trinajstić information content (AvgIpc) is 2.88. The molecule has 1 heterocycles. The van der Waals surface area contributed by atoms with Crippen molar-refractivity contribution in [2.24, 2.45) is 5.92 Å². The maximum atomic E-state index is 13.4. The summed E-state index contributed by atoms with van der Waals surface area (Å²) in [5, 5.41) is 16.1. The van der Waals surface area contributed by atoms with Crippen molar-refractivity contribution in [3.63, 3.8) is 0 Å². The summed E-state index contributed by atoms with van der Waals surface area (Å²) >= 11 is 0. The molecular formula is C18H22FN3O3. The molecule has 2 N–H and O–H groups in total. The second-order valence-corrected chi connectivity index (χ2v) is 6.47. The molecule has 1 atom stereocenters. The van der Waals surface area contributed by atoms with Gasteiger partial charge in [0.1, 0.15) is 5.82 Å². The molecule has 0 saturated carbocycles. The molecule has 0 fully saturated rings. The Morgan fingerprint density at radius 1 is 1.32 bits per heavy atom. The Morgan fingerprint density at radius 2 is 2.00 bits per heavy atom. The normalized spacial score (nSPS) is 12.2. The fourth-order valence-corrected chi connectivity index (χ4v) is 2.54. The number of nitrogens with zero attached hydrogens (tertiary/aromatic N) is 2. The summed E-state index contributed by atoms with van der Waals surface area (Å²) in [6, 6.07) is 2.71. The van der Waals surface area contributed by atoms with Gasteiger partial charge in [0.15, 0.2) is 6.04 Å².